The zero-order chi connectivity index (χ0) is 13.5. The molecule has 2 aliphatic heterocycles. The number of fused-ring (bicyclic) bond motifs is 2. The fourth-order valence-electron chi connectivity index (χ4n) is 4.42. The molecule has 1 aliphatic carbocycles. The monoisotopic (exact) mass is 272 g/mol. The Labute approximate surface area is 121 Å². The fraction of sp³-hybridized carbons (Fsp3) is 0.647. The van der Waals surface area contributed by atoms with Crippen LogP contribution in [0.15, 0.2) is 18.2 Å². The maximum absolute atomic E-state index is 5.38. The van der Waals surface area contributed by atoms with Crippen molar-refractivity contribution in [3.8, 4) is 5.75 Å². The second-order valence-electron chi connectivity index (χ2n) is 6.61. The van der Waals surface area contributed by atoms with Gasteiger partial charge in [0.1, 0.15) is 5.75 Å². The van der Waals surface area contributed by atoms with Gasteiger partial charge in [0.2, 0.25) is 0 Å². The number of methoxy groups -OCH3 is 1. The first-order valence-electron chi connectivity index (χ1n) is 7.96. The summed E-state index contributed by atoms with van der Waals surface area (Å²) in [6.07, 6.45) is 3.85. The van der Waals surface area contributed by atoms with E-state index in [0.29, 0.717) is 6.04 Å². The van der Waals surface area contributed by atoms with Gasteiger partial charge in [-0.25, -0.2) is 0 Å². The van der Waals surface area contributed by atoms with Crippen molar-refractivity contribution < 1.29 is 4.74 Å². The van der Waals surface area contributed by atoms with E-state index in [0.717, 1.165) is 17.6 Å². The van der Waals surface area contributed by atoms with Crippen LogP contribution in [0.25, 0.3) is 0 Å². The minimum absolute atomic E-state index is 0.648. The zero-order valence-corrected chi connectivity index (χ0v) is 12.3. The van der Waals surface area contributed by atoms with Gasteiger partial charge in [-0.1, -0.05) is 6.07 Å². The number of benzene rings is 1. The van der Waals surface area contributed by atoms with Crippen LogP contribution in [0.5, 0.6) is 5.75 Å². The van der Waals surface area contributed by atoms with Crippen molar-refractivity contribution >= 4 is 0 Å². The van der Waals surface area contributed by atoms with Crippen LogP contribution in [-0.2, 0) is 6.42 Å². The zero-order valence-electron chi connectivity index (χ0n) is 12.3. The molecule has 3 heteroatoms. The van der Waals surface area contributed by atoms with Crippen molar-refractivity contribution in [3.05, 3.63) is 29.3 Å². The fourth-order valence-corrected chi connectivity index (χ4v) is 4.42. The molecule has 0 amide bonds. The SMILES string of the molecule is COc1ccc2c(c1)CCCC2N1C[C@H]2CNC[C@H]2C1. The molecule has 1 unspecified atom stereocenters. The van der Waals surface area contributed by atoms with Gasteiger partial charge in [-0.2, -0.15) is 0 Å². The standard InChI is InChI=1S/C17H24N2O/c1-20-15-5-6-16-12(7-15)3-2-4-17(16)19-10-13-8-18-9-14(13)11-19/h5-7,13-14,17-18H,2-4,8-11H2,1H3/t13-,14+,17?. The summed E-state index contributed by atoms with van der Waals surface area (Å²) in [7, 11) is 1.76. The van der Waals surface area contributed by atoms with Gasteiger partial charge >= 0.3 is 0 Å². The largest absolute Gasteiger partial charge is 0.497 e. The van der Waals surface area contributed by atoms with E-state index >= 15 is 0 Å². The molecule has 108 valence electrons. The molecule has 0 saturated carbocycles. The molecule has 2 heterocycles. The third-order valence-corrected chi connectivity index (χ3v) is 5.49. The van der Waals surface area contributed by atoms with Crippen LogP contribution in [0.1, 0.15) is 30.0 Å². The van der Waals surface area contributed by atoms with Crippen LogP contribution in [-0.4, -0.2) is 38.2 Å². The Balaban J connectivity index is 1.59. The molecule has 4 rings (SSSR count). The Kier molecular flexibility index (Phi) is 3.20. The number of nitrogens with zero attached hydrogens (tertiary/aromatic N) is 1. The second kappa shape index (κ2) is 5.05. The highest BCUT2D eigenvalue weighted by Crippen LogP contribution is 2.40. The van der Waals surface area contributed by atoms with Gasteiger partial charge in [-0.05, 0) is 67.4 Å². The van der Waals surface area contributed by atoms with Crippen LogP contribution in [0.4, 0.5) is 0 Å². The molecule has 3 atom stereocenters. The van der Waals surface area contributed by atoms with E-state index in [9.17, 15) is 0 Å². The lowest BCUT2D eigenvalue weighted by Gasteiger charge is -2.34. The minimum Gasteiger partial charge on any atom is -0.497 e. The molecule has 2 fully saturated rings. The topological polar surface area (TPSA) is 24.5 Å². The molecule has 1 aromatic carbocycles. The van der Waals surface area contributed by atoms with Gasteiger partial charge in [-0.3, -0.25) is 4.90 Å². The molecule has 3 aliphatic rings. The summed E-state index contributed by atoms with van der Waals surface area (Å²) >= 11 is 0. The van der Waals surface area contributed by atoms with Gasteiger partial charge in [0.15, 0.2) is 0 Å². The lowest BCUT2D eigenvalue weighted by Crippen LogP contribution is -2.32. The number of hydrogen-bond acceptors (Lipinski definition) is 3. The Morgan fingerprint density at radius 1 is 1.20 bits per heavy atom. The number of rotatable bonds is 2. The van der Waals surface area contributed by atoms with Gasteiger partial charge in [0.25, 0.3) is 0 Å². The highest BCUT2D eigenvalue weighted by molar-refractivity contribution is 5.39. The molecule has 1 aromatic rings. The summed E-state index contributed by atoms with van der Waals surface area (Å²) in [6.45, 7) is 5.02. The van der Waals surface area contributed by atoms with Crippen molar-refractivity contribution in [2.75, 3.05) is 33.3 Å². The molecule has 0 radical (unpaired) electrons. The van der Waals surface area contributed by atoms with Crippen molar-refractivity contribution in [2.24, 2.45) is 11.8 Å². The van der Waals surface area contributed by atoms with Gasteiger partial charge in [0, 0.05) is 19.1 Å². The average molecular weight is 272 g/mol. The van der Waals surface area contributed by atoms with Crippen LogP contribution >= 0.6 is 0 Å². The van der Waals surface area contributed by atoms with E-state index in [1.807, 2.05) is 0 Å². The normalized spacial score (nSPS) is 33.0. The van der Waals surface area contributed by atoms with Crippen molar-refractivity contribution in [3.63, 3.8) is 0 Å². The summed E-state index contributed by atoms with van der Waals surface area (Å²) in [5.74, 6) is 2.78. The molecule has 0 aromatic heterocycles. The maximum atomic E-state index is 5.38. The van der Waals surface area contributed by atoms with Gasteiger partial charge < -0.3 is 10.1 Å². The van der Waals surface area contributed by atoms with Gasteiger partial charge in [-0.15, -0.1) is 0 Å². The molecule has 3 nitrogen and oxygen atoms in total. The first-order valence-corrected chi connectivity index (χ1v) is 7.96. The van der Waals surface area contributed by atoms with Crippen molar-refractivity contribution in [1.29, 1.82) is 0 Å². The Morgan fingerprint density at radius 3 is 2.75 bits per heavy atom. The third-order valence-electron chi connectivity index (χ3n) is 5.49. The first kappa shape index (κ1) is 12.7. The van der Waals surface area contributed by atoms with E-state index in [-0.39, 0.29) is 0 Å². The van der Waals surface area contributed by atoms with Crippen molar-refractivity contribution in [1.82, 2.24) is 10.2 Å². The molecule has 0 spiro atoms. The molecule has 1 N–H and O–H groups in total. The Morgan fingerprint density at radius 2 is 2.00 bits per heavy atom. The lowest BCUT2D eigenvalue weighted by atomic mass is 9.86. The minimum atomic E-state index is 0.648. The predicted octanol–water partition coefficient (Wildman–Crippen LogP) is 2.22. The third kappa shape index (κ3) is 2.04. The molecule has 0 bridgehead atoms. The van der Waals surface area contributed by atoms with E-state index in [2.05, 4.69) is 28.4 Å². The molecular weight excluding hydrogens is 248 g/mol. The quantitative estimate of drug-likeness (QED) is 0.893. The maximum Gasteiger partial charge on any atom is 0.119 e. The first-order chi connectivity index (χ1) is 9.85. The summed E-state index contributed by atoms with van der Waals surface area (Å²) in [4.78, 5) is 2.75. The van der Waals surface area contributed by atoms with Crippen LogP contribution in [0.3, 0.4) is 0 Å². The van der Waals surface area contributed by atoms with E-state index in [1.54, 1.807) is 12.7 Å². The van der Waals surface area contributed by atoms with Crippen LogP contribution in [0.2, 0.25) is 0 Å². The highest BCUT2D eigenvalue weighted by Gasteiger charge is 2.39. The van der Waals surface area contributed by atoms with E-state index < -0.39 is 0 Å². The molecule has 2 saturated heterocycles. The summed E-state index contributed by atoms with van der Waals surface area (Å²) < 4.78 is 5.38. The highest BCUT2D eigenvalue weighted by atomic mass is 16.5. The van der Waals surface area contributed by atoms with Crippen LogP contribution < -0.4 is 10.1 Å². The predicted molar refractivity (Wildman–Crippen MR) is 80.1 cm³/mol. The van der Waals surface area contributed by atoms with Crippen LogP contribution in [0, 0.1) is 11.8 Å². The second-order valence-corrected chi connectivity index (χ2v) is 6.61. The Hall–Kier alpha value is -1.06. The number of nitrogens with one attached hydrogen (secondary N) is 1. The summed E-state index contributed by atoms with van der Waals surface area (Å²) in [6, 6.07) is 7.34. The number of likely N-dealkylation sites (tertiary alicyclic amines) is 1. The van der Waals surface area contributed by atoms with Gasteiger partial charge in [0.05, 0.1) is 7.11 Å². The number of hydrogen-bond donors (Lipinski definition) is 1. The molecule has 20 heavy (non-hydrogen) atoms. The van der Waals surface area contributed by atoms with E-state index in [1.165, 1.54) is 51.0 Å². The lowest BCUT2D eigenvalue weighted by molar-refractivity contribution is 0.206. The Bertz CT molecular complexity index is 490. The average Bonchev–Trinajstić information content (AvgIpc) is 3.07. The summed E-state index contributed by atoms with van der Waals surface area (Å²) in [5.41, 5.74) is 3.07. The van der Waals surface area contributed by atoms with Crippen molar-refractivity contribution in [2.45, 2.75) is 25.3 Å². The molecular formula is C17H24N2O. The smallest absolute Gasteiger partial charge is 0.119 e. The van der Waals surface area contributed by atoms with E-state index in [4.69, 9.17) is 4.74 Å². The number of aryl methyl sites for hydroxylation is 1. The number of ether oxygens (including phenoxy) is 1. The summed E-state index contributed by atoms with van der Waals surface area (Å²) in [5, 5.41) is 3.54.